The predicted octanol–water partition coefficient (Wildman–Crippen LogP) is 5.19. The number of carbonyl (C=O) groups is 2. The average Bonchev–Trinajstić information content (AvgIpc) is 3.09. The number of aryl methyl sites for hydroxylation is 2. The van der Waals surface area contributed by atoms with Crippen LogP contribution in [0.1, 0.15) is 35.2 Å². The summed E-state index contributed by atoms with van der Waals surface area (Å²) in [5, 5.41) is 11.2. The number of amides is 1. The number of hydrogen-bond acceptors (Lipinski definition) is 4. The maximum atomic E-state index is 13.2. The Morgan fingerprint density at radius 3 is 2.38 bits per heavy atom. The summed E-state index contributed by atoms with van der Waals surface area (Å²) in [5.41, 5.74) is 3.92. The number of anilines is 1. The standard InChI is InChI=1S/C27H25NO4/c1-4-18-11-13-19(14-12-18)25(29)23-24(20-8-6-10-22(16-20)32-3)28(27(31)26(23)30)21-9-5-7-17(2)15-21/h5-16,24,29H,4H2,1-3H3/b25-23+. The van der Waals surface area contributed by atoms with E-state index in [0.29, 0.717) is 22.6 Å². The normalized spacial score (nSPS) is 17.6. The third-order valence-corrected chi connectivity index (χ3v) is 5.77. The van der Waals surface area contributed by atoms with E-state index in [1.54, 1.807) is 43.5 Å². The Morgan fingerprint density at radius 1 is 1.00 bits per heavy atom. The monoisotopic (exact) mass is 427 g/mol. The Kier molecular flexibility index (Phi) is 5.82. The summed E-state index contributed by atoms with van der Waals surface area (Å²) in [6.07, 6.45) is 0.864. The number of hydrogen-bond donors (Lipinski definition) is 1. The highest BCUT2D eigenvalue weighted by Crippen LogP contribution is 2.42. The number of aliphatic hydroxyl groups excluding tert-OH is 1. The van der Waals surface area contributed by atoms with Crippen LogP contribution in [0, 0.1) is 6.92 Å². The highest BCUT2D eigenvalue weighted by Gasteiger charge is 2.47. The van der Waals surface area contributed by atoms with Gasteiger partial charge in [-0.05, 0) is 54.3 Å². The molecule has 0 bridgehead atoms. The minimum absolute atomic E-state index is 0.0639. The molecule has 1 aliphatic heterocycles. The van der Waals surface area contributed by atoms with Crippen molar-refractivity contribution in [2.75, 3.05) is 12.0 Å². The number of carbonyl (C=O) groups excluding carboxylic acids is 2. The van der Waals surface area contributed by atoms with Crippen molar-refractivity contribution >= 4 is 23.1 Å². The number of Topliss-reactive ketones (excluding diaryl/α,β-unsaturated/α-hetero) is 1. The molecule has 0 saturated carbocycles. The Labute approximate surface area is 187 Å². The van der Waals surface area contributed by atoms with Crippen LogP contribution in [0.4, 0.5) is 5.69 Å². The second kappa shape index (κ2) is 8.71. The van der Waals surface area contributed by atoms with Crippen molar-refractivity contribution in [1.82, 2.24) is 0 Å². The Balaban J connectivity index is 1.94. The highest BCUT2D eigenvalue weighted by molar-refractivity contribution is 6.51. The van der Waals surface area contributed by atoms with Crippen LogP contribution in [0.25, 0.3) is 5.76 Å². The summed E-state index contributed by atoms with van der Waals surface area (Å²) in [4.78, 5) is 27.9. The summed E-state index contributed by atoms with van der Waals surface area (Å²) < 4.78 is 5.37. The fourth-order valence-electron chi connectivity index (χ4n) is 4.06. The van der Waals surface area contributed by atoms with Crippen LogP contribution in [0.3, 0.4) is 0 Å². The van der Waals surface area contributed by atoms with Crippen LogP contribution >= 0.6 is 0 Å². The van der Waals surface area contributed by atoms with Crippen molar-refractivity contribution in [3.05, 3.63) is 101 Å². The summed E-state index contributed by atoms with van der Waals surface area (Å²) in [7, 11) is 1.56. The molecule has 0 aromatic heterocycles. The quantitative estimate of drug-likeness (QED) is 0.346. The van der Waals surface area contributed by atoms with E-state index in [1.807, 2.05) is 50.2 Å². The Morgan fingerprint density at radius 2 is 1.72 bits per heavy atom. The van der Waals surface area contributed by atoms with Crippen LogP contribution in [-0.2, 0) is 16.0 Å². The van der Waals surface area contributed by atoms with E-state index in [9.17, 15) is 14.7 Å². The number of ether oxygens (including phenoxy) is 1. The Hall–Kier alpha value is -3.86. The topological polar surface area (TPSA) is 66.8 Å². The van der Waals surface area contributed by atoms with Gasteiger partial charge in [0, 0.05) is 11.3 Å². The second-order valence-electron chi connectivity index (χ2n) is 7.84. The van der Waals surface area contributed by atoms with E-state index in [1.165, 1.54) is 4.90 Å². The molecular formula is C27H25NO4. The van der Waals surface area contributed by atoms with E-state index in [4.69, 9.17) is 4.74 Å². The molecule has 5 nitrogen and oxygen atoms in total. The van der Waals surface area contributed by atoms with Gasteiger partial charge in [-0.25, -0.2) is 0 Å². The van der Waals surface area contributed by atoms with Crippen LogP contribution in [0.15, 0.2) is 78.4 Å². The largest absolute Gasteiger partial charge is 0.507 e. The van der Waals surface area contributed by atoms with Gasteiger partial charge < -0.3 is 9.84 Å². The third kappa shape index (κ3) is 3.78. The molecule has 4 rings (SSSR count). The smallest absolute Gasteiger partial charge is 0.300 e. The lowest BCUT2D eigenvalue weighted by atomic mass is 9.94. The van der Waals surface area contributed by atoms with Gasteiger partial charge in [0.25, 0.3) is 11.7 Å². The molecule has 1 heterocycles. The molecular weight excluding hydrogens is 402 g/mol. The predicted molar refractivity (Wildman–Crippen MR) is 125 cm³/mol. The van der Waals surface area contributed by atoms with Gasteiger partial charge in [0.15, 0.2) is 0 Å². The zero-order valence-corrected chi connectivity index (χ0v) is 18.3. The average molecular weight is 428 g/mol. The molecule has 1 atom stereocenters. The lowest BCUT2D eigenvalue weighted by Crippen LogP contribution is -2.29. The molecule has 1 saturated heterocycles. The van der Waals surface area contributed by atoms with Crippen molar-refractivity contribution in [1.29, 1.82) is 0 Å². The van der Waals surface area contributed by atoms with Crippen LogP contribution < -0.4 is 9.64 Å². The molecule has 162 valence electrons. The molecule has 1 fully saturated rings. The number of methoxy groups -OCH3 is 1. The SMILES string of the molecule is CCc1ccc(/C(O)=C2\C(=O)C(=O)N(c3cccc(C)c3)C2c2cccc(OC)c2)cc1. The molecule has 5 heteroatoms. The molecule has 3 aromatic carbocycles. The number of nitrogens with zero attached hydrogens (tertiary/aromatic N) is 1. The first kappa shape index (κ1) is 21.4. The van der Waals surface area contributed by atoms with E-state index >= 15 is 0 Å². The molecule has 1 unspecified atom stereocenters. The van der Waals surface area contributed by atoms with Gasteiger partial charge in [-0.2, -0.15) is 0 Å². The van der Waals surface area contributed by atoms with E-state index in [2.05, 4.69) is 0 Å². The third-order valence-electron chi connectivity index (χ3n) is 5.77. The summed E-state index contributed by atoms with van der Waals surface area (Å²) >= 11 is 0. The number of aliphatic hydroxyl groups is 1. The summed E-state index contributed by atoms with van der Waals surface area (Å²) in [5.74, 6) is -0.967. The van der Waals surface area contributed by atoms with Crippen molar-refractivity contribution in [2.45, 2.75) is 26.3 Å². The lowest BCUT2D eigenvalue weighted by Gasteiger charge is -2.26. The fourth-order valence-corrected chi connectivity index (χ4v) is 4.06. The molecule has 1 amide bonds. The summed E-state index contributed by atoms with van der Waals surface area (Å²) in [6.45, 7) is 3.97. The lowest BCUT2D eigenvalue weighted by molar-refractivity contribution is -0.132. The Bertz CT molecular complexity index is 1210. The number of rotatable bonds is 5. The van der Waals surface area contributed by atoms with Crippen molar-refractivity contribution in [2.24, 2.45) is 0 Å². The van der Waals surface area contributed by atoms with Gasteiger partial charge in [-0.15, -0.1) is 0 Å². The first-order valence-electron chi connectivity index (χ1n) is 10.6. The van der Waals surface area contributed by atoms with Gasteiger partial charge >= 0.3 is 0 Å². The van der Waals surface area contributed by atoms with Crippen LogP contribution in [0.5, 0.6) is 5.75 Å². The van der Waals surface area contributed by atoms with Gasteiger partial charge in [-0.3, -0.25) is 14.5 Å². The molecule has 0 radical (unpaired) electrons. The van der Waals surface area contributed by atoms with Crippen LogP contribution in [0.2, 0.25) is 0 Å². The molecule has 1 N–H and O–H groups in total. The molecule has 0 aliphatic carbocycles. The number of benzene rings is 3. The molecule has 1 aliphatic rings. The van der Waals surface area contributed by atoms with Gasteiger partial charge in [0.1, 0.15) is 11.5 Å². The van der Waals surface area contributed by atoms with Crippen molar-refractivity contribution < 1.29 is 19.4 Å². The van der Waals surface area contributed by atoms with E-state index < -0.39 is 17.7 Å². The number of ketones is 1. The fraction of sp³-hybridized carbons (Fsp3) is 0.185. The molecule has 32 heavy (non-hydrogen) atoms. The van der Waals surface area contributed by atoms with Gasteiger partial charge in [0.05, 0.1) is 18.7 Å². The minimum Gasteiger partial charge on any atom is -0.507 e. The second-order valence-corrected chi connectivity index (χ2v) is 7.84. The van der Waals surface area contributed by atoms with Gasteiger partial charge in [0.2, 0.25) is 0 Å². The molecule has 0 spiro atoms. The van der Waals surface area contributed by atoms with Crippen molar-refractivity contribution in [3.8, 4) is 5.75 Å². The maximum Gasteiger partial charge on any atom is 0.300 e. The molecule has 3 aromatic rings. The van der Waals surface area contributed by atoms with Gasteiger partial charge in [-0.1, -0.05) is 55.5 Å². The summed E-state index contributed by atoms with van der Waals surface area (Å²) in [6, 6.07) is 21.2. The maximum absolute atomic E-state index is 13.2. The zero-order valence-electron chi connectivity index (χ0n) is 18.3. The van der Waals surface area contributed by atoms with E-state index in [-0.39, 0.29) is 11.3 Å². The van der Waals surface area contributed by atoms with E-state index in [0.717, 1.165) is 17.5 Å². The highest BCUT2D eigenvalue weighted by atomic mass is 16.5. The van der Waals surface area contributed by atoms with Crippen LogP contribution in [-0.4, -0.2) is 23.9 Å². The van der Waals surface area contributed by atoms with Crippen molar-refractivity contribution in [3.63, 3.8) is 0 Å². The first-order chi connectivity index (χ1) is 15.4. The minimum atomic E-state index is -0.780. The zero-order chi connectivity index (χ0) is 22.8. The first-order valence-corrected chi connectivity index (χ1v) is 10.6.